The SMILES string of the molecule is CCCNc1nc(-c2ccc(F)cc2Cl)nc2c1CSC2. The van der Waals surface area contributed by atoms with Crippen LogP contribution in [0.3, 0.4) is 0 Å². The third-order valence-electron chi connectivity index (χ3n) is 3.29. The number of nitrogens with zero attached hydrogens (tertiary/aromatic N) is 2. The summed E-state index contributed by atoms with van der Waals surface area (Å²) in [7, 11) is 0. The van der Waals surface area contributed by atoms with Gasteiger partial charge in [0, 0.05) is 29.2 Å². The molecule has 0 saturated heterocycles. The van der Waals surface area contributed by atoms with Crippen LogP contribution in [0.25, 0.3) is 11.4 Å². The Morgan fingerprint density at radius 1 is 1.33 bits per heavy atom. The van der Waals surface area contributed by atoms with E-state index in [0.29, 0.717) is 16.4 Å². The Labute approximate surface area is 132 Å². The maximum atomic E-state index is 13.2. The van der Waals surface area contributed by atoms with Crippen LogP contribution in [-0.2, 0) is 11.5 Å². The number of thioether (sulfide) groups is 1. The molecule has 0 spiro atoms. The summed E-state index contributed by atoms with van der Waals surface area (Å²) in [5, 5.41) is 3.69. The molecule has 3 nitrogen and oxygen atoms in total. The van der Waals surface area contributed by atoms with E-state index in [1.54, 1.807) is 6.07 Å². The van der Waals surface area contributed by atoms with Gasteiger partial charge in [0.1, 0.15) is 11.6 Å². The van der Waals surface area contributed by atoms with E-state index in [1.165, 1.54) is 17.7 Å². The largest absolute Gasteiger partial charge is 0.370 e. The zero-order chi connectivity index (χ0) is 14.8. The smallest absolute Gasteiger partial charge is 0.163 e. The highest BCUT2D eigenvalue weighted by Crippen LogP contribution is 2.35. The summed E-state index contributed by atoms with van der Waals surface area (Å²) in [5.41, 5.74) is 2.89. The molecule has 0 unspecified atom stereocenters. The summed E-state index contributed by atoms with van der Waals surface area (Å²) >= 11 is 7.95. The van der Waals surface area contributed by atoms with Gasteiger partial charge in [-0.05, 0) is 24.6 Å². The van der Waals surface area contributed by atoms with Gasteiger partial charge in [0.25, 0.3) is 0 Å². The first kappa shape index (κ1) is 14.6. The number of nitrogens with one attached hydrogen (secondary N) is 1. The Balaban J connectivity index is 2.06. The van der Waals surface area contributed by atoms with E-state index in [1.807, 2.05) is 11.8 Å². The average molecular weight is 324 g/mol. The molecule has 0 saturated carbocycles. The minimum absolute atomic E-state index is 0.335. The van der Waals surface area contributed by atoms with Crippen LogP contribution in [0.5, 0.6) is 0 Å². The maximum absolute atomic E-state index is 13.2. The van der Waals surface area contributed by atoms with Gasteiger partial charge >= 0.3 is 0 Å². The lowest BCUT2D eigenvalue weighted by Crippen LogP contribution is -2.08. The molecule has 0 fully saturated rings. The van der Waals surface area contributed by atoms with Crippen LogP contribution >= 0.6 is 23.4 Å². The topological polar surface area (TPSA) is 37.8 Å². The van der Waals surface area contributed by atoms with E-state index < -0.39 is 0 Å². The van der Waals surface area contributed by atoms with Gasteiger partial charge in [-0.25, -0.2) is 14.4 Å². The number of fused-ring (bicyclic) bond motifs is 1. The molecule has 0 atom stereocenters. The standard InChI is InChI=1S/C15H15ClFN3S/c1-2-5-18-14-11-7-21-8-13(11)19-15(20-14)10-4-3-9(17)6-12(10)16/h3-4,6H,2,5,7-8H2,1H3,(H,18,19,20). The first-order chi connectivity index (χ1) is 10.2. The van der Waals surface area contributed by atoms with E-state index in [4.69, 9.17) is 11.6 Å². The number of hydrogen-bond acceptors (Lipinski definition) is 4. The predicted octanol–water partition coefficient (Wildman–Crippen LogP) is 4.50. The average Bonchev–Trinajstić information content (AvgIpc) is 2.93. The Kier molecular flexibility index (Phi) is 4.31. The molecule has 0 bridgehead atoms. The Hall–Kier alpha value is -1.33. The quantitative estimate of drug-likeness (QED) is 0.898. The van der Waals surface area contributed by atoms with Crippen molar-refractivity contribution in [1.29, 1.82) is 0 Å². The fraction of sp³-hybridized carbons (Fsp3) is 0.333. The Morgan fingerprint density at radius 2 is 2.19 bits per heavy atom. The highest BCUT2D eigenvalue weighted by molar-refractivity contribution is 7.98. The second kappa shape index (κ2) is 6.20. The predicted molar refractivity (Wildman–Crippen MR) is 86.2 cm³/mol. The summed E-state index contributed by atoms with van der Waals surface area (Å²) in [6.07, 6.45) is 1.03. The molecule has 1 aromatic heterocycles. The third kappa shape index (κ3) is 2.99. The number of rotatable bonds is 4. The van der Waals surface area contributed by atoms with Crippen molar-refractivity contribution in [2.45, 2.75) is 24.9 Å². The molecular weight excluding hydrogens is 309 g/mol. The van der Waals surface area contributed by atoms with Crippen LogP contribution in [0.15, 0.2) is 18.2 Å². The van der Waals surface area contributed by atoms with Crippen molar-refractivity contribution in [3.8, 4) is 11.4 Å². The van der Waals surface area contributed by atoms with Gasteiger partial charge in [0.15, 0.2) is 5.82 Å². The van der Waals surface area contributed by atoms with Crippen molar-refractivity contribution in [1.82, 2.24) is 9.97 Å². The summed E-state index contributed by atoms with van der Waals surface area (Å²) in [6, 6.07) is 4.30. The first-order valence-electron chi connectivity index (χ1n) is 6.86. The van der Waals surface area contributed by atoms with Crippen LogP contribution in [0.4, 0.5) is 10.2 Å². The lowest BCUT2D eigenvalue weighted by atomic mass is 10.1. The number of halogens is 2. The van der Waals surface area contributed by atoms with Crippen molar-refractivity contribution >= 4 is 29.2 Å². The van der Waals surface area contributed by atoms with Crippen LogP contribution < -0.4 is 5.32 Å². The summed E-state index contributed by atoms with van der Waals surface area (Å²) in [6.45, 7) is 2.98. The molecule has 110 valence electrons. The summed E-state index contributed by atoms with van der Waals surface area (Å²) < 4.78 is 13.2. The van der Waals surface area contributed by atoms with Gasteiger partial charge in [0.2, 0.25) is 0 Å². The molecule has 0 radical (unpaired) electrons. The molecule has 0 amide bonds. The number of aromatic nitrogens is 2. The molecule has 2 heterocycles. The fourth-order valence-electron chi connectivity index (χ4n) is 2.23. The van der Waals surface area contributed by atoms with Gasteiger partial charge in [-0.2, -0.15) is 11.8 Å². The first-order valence-corrected chi connectivity index (χ1v) is 8.39. The molecule has 2 aromatic rings. The van der Waals surface area contributed by atoms with E-state index in [2.05, 4.69) is 22.2 Å². The van der Waals surface area contributed by atoms with E-state index >= 15 is 0 Å². The van der Waals surface area contributed by atoms with E-state index in [9.17, 15) is 4.39 Å². The van der Waals surface area contributed by atoms with Crippen molar-refractivity contribution in [3.63, 3.8) is 0 Å². The van der Waals surface area contributed by atoms with Crippen LogP contribution in [-0.4, -0.2) is 16.5 Å². The summed E-state index contributed by atoms with van der Waals surface area (Å²) in [5.74, 6) is 2.88. The molecule has 21 heavy (non-hydrogen) atoms. The second-order valence-electron chi connectivity index (χ2n) is 4.86. The highest BCUT2D eigenvalue weighted by Gasteiger charge is 2.21. The molecule has 0 aliphatic carbocycles. The molecule has 1 aliphatic rings. The van der Waals surface area contributed by atoms with Gasteiger partial charge in [-0.3, -0.25) is 0 Å². The zero-order valence-electron chi connectivity index (χ0n) is 11.6. The van der Waals surface area contributed by atoms with Gasteiger partial charge in [-0.15, -0.1) is 0 Å². The monoisotopic (exact) mass is 323 g/mol. The second-order valence-corrected chi connectivity index (χ2v) is 6.26. The van der Waals surface area contributed by atoms with Crippen LogP contribution in [0, 0.1) is 5.82 Å². The zero-order valence-corrected chi connectivity index (χ0v) is 13.2. The third-order valence-corrected chi connectivity index (χ3v) is 4.58. The van der Waals surface area contributed by atoms with Crippen molar-refractivity contribution in [2.24, 2.45) is 0 Å². The molecule has 1 aromatic carbocycles. The number of anilines is 1. The molecule has 1 aliphatic heterocycles. The molecule has 3 rings (SSSR count). The number of benzene rings is 1. The van der Waals surface area contributed by atoms with Crippen LogP contribution in [0.2, 0.25) is 5.02 Å². The van der Waals surface area contributed by atoms with Crippen molar-refractivity contribution in [2.75, 3.05) is 11.9 Å². The van der Waals surface area contributed by atoms with Gasteiger partial charge in [0.05, 0.1) is 10.7 Å². The molecular formula is C15H15ClFN3S. The fourth-order valence-corrected chi connectivity index (χ4v) is 3.53. The summed E-state index contributed by atoms with van der Waals surface area (Å²) in [4.78, 5) is 9.20. The van der Waals surface area contributed by atoms with Crippen LogP contribution in [0.1, 0.15) is 24.6 Å². The van der Waals surface area contributed by atoms with Gasteiger partial charge in [-0.1, -0.05) is 18.5 Å². The molecule has 1 N–H and O–H groups in total. The van der Waals surface area contributed by atoms with E-state index in [0.717, 1.165) is 36.0 Å². The lowest BCUT2D eigenvalue weighted by molar-refractivity contribution is 0.628. The minimum atomic E-state index is -0.357. The molecule has 6 heteroatoms. The Bertz CT molecular complexity index is 678. The normalized spacial score (nSPS) is 13.3. The van der Waals surface area contributed by atoms with Gasteiger partial charge < -0.3 is 5.32 Å². The number of hydrogen-bond donors (Lipinski definition) is 1. The highest BCUT2D eigenvalue weighted by atomic mass is 35.5. The van der Waals surface area contributed by atoms with Crippen molar-refractivity contribution in [3.05, 3.63) is 40.3 Å². The minimum Gasteiger partial charge on any atom is -0.370 e. The van der Waals surface area contributed by atoms with Crippen molar-refractivity contribution < 1.29 is 4.39 Å². The van der Waals surface area contributed by atoms with E-state index in [-0.39, 0.29) is 5.82 Å². The Morgan fingerprint density at radius 3 is 2.95 bits per heavy atom. The maximum Gasteiger partial charge on any atom is 0.163 e. The lowest BCUT2D eigenvalue weighted by Gasteiger charge is -2.12.